The summed E-state index contributed by atoms with van der Waals surface area (Å²) in [6.07, 6.45) is 4.88. The van der Waals surface area contributed by atoms with E-state index in [2.05, 4.69) is 5.32 Å². The van der Waals surface area contributed by atoms with Gasteiger partial charge in [0.2, 0.25) is 11.8 Å². The highest BCUT2D eigenvalue weighted by Gasteiger charge is 2.60. The number of piperidine rings is 1. The van der Waals surface area contributed by atoms with Gasteiger partial charge in [-0.2, -0.15) is 0 Å². The molecule has 2 aliphatic heterocycles. The van der Waals surface area contributed by atoms with E-state index >= 15 is 0 Å². The minimum Gasteiger partial charge on any atom is -0.366 e. The van der Waals surface area contributed by atoms with Crippen molar-refractivity contribution < 1.29 is 19.2 Å². The predicted octanol–water partition coefficient (Wildman–Crippen LogP) is 2.85. The third kappa shape index (κ3) is 5.66. The number of hydrogen-bond acceptors (Lipinski definition) is 5. The van der Waals surface area contributed by atoms with Crippen LogP contribution in [0.2, 0.25) is 5.02 Å². The van der Waals surface area contributed by atoms with E-state index in [-0.39, 0.29) is 36.7 Å². The molecule has 212 valence electrons. The highest BCUT2D eigenvalue weighted by atomic mass is 35.5. The quantitative estimate of drug-likeness (QED) is 0.535. The van der Waals surface area contributed by atoms with Crippen molar-refractivity contribution in [3.8, 4) is 0 Å². The zero-order chi connectivity index (χ0) is 28.3. The summed E-state index contributed by atoms with van der Waals surface area (Å²) in [5.74, 6) is -1.32. The molecule has 0 radical (unpaired) electrons. The molecule has 40 heavy (non-hydrogen) atoms. The van der Waals surface area contributed by atoms with E-state index in [4.69, 9.17) is 17.3 Å². The van der Waals surface area contributed by atoms with Gasteiger partial charge < -0.3 is 25.8 Å². The Hall–Kier alpha value is -3.59. The fourth-order valence-corrected chi connectivity index (χ4v) is 6.54. The Morgan fingerprint density at radius 1 is 0.950 bits per heavy atom. The molecule has 2 saturated heterocycles. The van der Waals surface area contributed by atoms with E-state index < -0.39 is 17.6 Å². The van der Waals surface area contributed by atoms with Crippen LogP contribution in [0, 0.1) is 0 Å². The number of nitrogens with two attached hydrogens (primary N) is 1. The van der Waals surface area contributed by atoms with E-state index in [0.29, 0.717) is 36.6 Å². The number of anilines is 1. The van der Waals surface area contributed by atoms with Crippen molar-refractivity contribution in [3.05, 3.63) is 65.2 Å². The van der Waals surface area contributed by atoms with Crippen molar-refractivity contribution in [2.45, 2.75) is 69.1 Å². The van der Waals surface area contributed by atoms with Gasteiger partial charge in [0.1, 0.15) is 12.1 Å². The number of amides is 4. The van der Waals surface area contributed by atoms with Crippen molar-refractivity contribution >= 4 is 40.9 Å². The van der Waals surface area contributed by atoms with Crippen LogP contribution in [-0.4, -0.2) is 70.8 Å². The molecule has 0 bridgehead atoms. The molecule has 10 heteroatoms. The summed E-state index contributed by atoms with van der Waals surface area (Å²) in [7, 11) is 0. The molecule has 3 N–H and O–H groups in total. The van der Waals surface area contributed by atoms with E-state index in [0.717, 1.165) is 37.7 Å². The van der Waals surface area contributed by atoms with Crippen molar-refractivity contribution in [2.75, 3.05) is 24.5 Å². The number of para-hydroxylation sites is 1. The molecule has 1 spiro atoms. The van der Waals surface area contributed by atoms with Gasteiger partial charge in [-0.05, 0) is 55.5 Å². The lowest BCUT2D eigenvalue weighted by Crippen LogP contribution is -2.59. The highest BCUT2D eigenvalue weighted by Crippen LogP contribution is 2.42. The Kier molecular flexibility index (Phi) is 8.30. The largest absolute Gasteiger partial charge is 0.366 e. The Labute approximate surface area is 239 Å². The third-order valence-corrected chi connectivity index (χ3v) is 8.70. The summed E-state index contributed by atoms with van der Waals surface area (Å²) in [5, 5.41) is 3.66. The molecule has 1 saturated carbocycles. The molecule has 4 amide bonds. The van der Waals surface area contributed by atoms with Crippen molar-refractivity contribution in [3.63, 3.8) is 0 Å². The molecule has 0 aromatic heterocycles. The van der Waals surface area contributed by atoms with E-state index in [9.17, 15) is 19.2 Å². The summed E-state index contributed by atoms with van der Waals surface area (Å²) >= 11 is 5.98. The summed E-state index contributed by atoms with van der Waals surface area (Å²) in [6.45, 7) is 0.442. The molecular weight excluding hydrogens is 530 g/mol. The van der Waals surface area contributed by atoms with Gasteiger partial charge in [0.15, 0.2) is 6.17 Å². The first kappa shape index (κ1) is 28.0. The lowest BCUT2D eigenvalue weighted by molar-refractivity contribution is -0.142. The fourth-order valence-electron chi connectivity index (χ4n) is 6.42. The van der Waals surface area contributed by atoms with Crippen LogP contribution in [0.3, 0.4) is 0 Å². The topological polar surface area (TPSA) is 116 Å². The number of carbonyl (C=O) groups excluding carboxylic acids is 4. The van der Waals surface area contributed by atoms with Gasteiger partial charge in [-0.1, -0.05) is 61.2 Å². The average molecular weight is 566 g/mol. The SMILES string of the molecule is NC(=O)[C@H]1N(CC(=O)NC2CCCCC2)C(=O)C2(CCN(C(=O)Cc3ccc(Cl)cc3)CC2)N1c1ccccc1. The van der Waals surface area contributed by atoms with Gasteiger partial charge in [-0.15, -0.1) is 0 Å². The lowest BCUT2D eigenvalue weighted by atomic mass is 9.85. The van der Waals surface area contributed by atoms with Gasteiger partial charge in [0.05, 0.1) is 6.42 Å². The molecule has 2 heterocycles. The van der Waals surface area contributed by atoms with Crippen LogP contribution in [0.25, 0.3) is 0 Å². The molecule has 0 unspecified atom stereocenters. The predicted molar refractivity (Wildman–Crippen MR) is 152 cm³/mol. The number of rotatable bonds is 7. The number of halogens is 1. The van der Waals surface area contributed by atoms with Crippen molar-refractivity contribution in [1.29, 1.82) is 0 Å². The summed E-state index contributed by atoms with van der Waals surface area (Å²) in [5.41, 5.74) is 6.37. The second-order valence-corrected chi connectivity index (χ2v) is 11.5. The molecule has 5 rings (SSSR count). The number of hydrogen-bond donors (Lipinski definition) is 2. The van der Waals surface area contributed by atoms with E-state index in [1.807, 2.05) is 42.5 Å². The molecule has 2 aromatic rings. The highest BCUT2D eigenvalue weighted by molar-refractivity contribution is 6.30. The van der Waals surface area contributed by atoms with Crippen LogP contribution in [0.4, 0.5) is 5.69 Å². The van der Waals surface area contributed by atoms with Gasteiger partial charge in [-0.3, -0.25) is 19.2 Å². The number of nitrogens with zero attached hydrogens (tertiary/aromatic N) is 3. The molecule has 1 atom stereocenters. The van der Waals surface area contributed by atoms with Crippen LogP contribution >= 0.6 is 11.6 Å². The maximum Gasteiger partial charge on any atom is 0.261 e. The number of nitrogens with one attached hydrogen (secondary N) is 1. The maximum atomic E-state index is 14.2. The Morgan fingerprint density at radius 2 is 1.60 bits per heavy atom. The number of benzene rings is 2. The van der Waals surface area contributed by atoms with E-state index in [1.54, 1.807) is 21.9 Å². The average Bonchev–Trinajstić information content (AvgIpc) is 3.18. The Balaban J connectivity index is 1.37. The zero-order valence-corrected chi connectivity index (χ0v) is 23.3. The monoisotopic (exact) mass is 565 g/mol. The van der Waals surface area contributed by atoms with Gasteiger partial charge in [0.25, 0.3) is 11.8 Å². The first-order valence-electron chi connectivity index (χ1n) is 14.0. The second-order valence-electron chi connectivity index (χ2n) is 11.0. The fraction of sp³-hybridized carbons (Fsp3) is 0.467. The van der Waals surface area contributed by atoms with Gasteiger partial charge in [0, 0.05) is 29.8 Å². The van der Waals surface area contributed by atoms with E-state index in [1.165, 1.54) is 4.90 Å². The summed E-state index contributed by atoms with van der Waals surface area (Å²) in [4.78, 5) is 58.2. The molecule has 3 fully saturated rings. The van der Waals surface area contributed by atoms with Crippen molar-refractivity contribution in [2.24, 2.45) is 5.73 Å². The van der Waals surface area contributed by atoms with Crippen LogP contribution < -0.4 is 16.0 Å². The molecular formula is C30H36ClN5O4. The first-order chi connectivity index (χ1) is 19.3. The smallest absolute Gasteiger partial charge is 0.261 e. The minimum absolute atomic E-state index is 0.0379. The summed E-state index contributed by atoms with van der Waals surface area (Å²) in [6, 6.07) is 16.5. The minimum atomic E-state index is -1.11. The van der Waals surface area contributed by atoms with Crippen LogP contribution in [0.15, 0.2) is 54.6 Å². The number of carbonyl (C=O) groups is 4. The van der Waals surface area contributed by atoms with Crippen LogP contribution in [0.1, 0.15) is 50.5 Å². The van der Waals surface area contributed by atoms with Crippen LogP contribution in [-0.2, 0) is 25.6 Å². The molecule has 3 aliphatic rings. The number of primary amides is 1. The molecule has 9 nitrogen and oxygen atoms in total. The van der Waals surface area contributed by atoms with Crippen LogP contribution in [0.5, 0.6) is 0 Å². The third-order valence-electron chi connectivity index (χ3n) is 8.44. The first-order valence-corrected chi connectivity index (χ1v) is 14.4. The normalized spacial score (nSPS) is 21.1. The standard InChI is InChI=1S/C30H36ClN5O4/c31-22-13-11-21(12-14-22)19-26(38)34-17-15-30(16-18-34)29(40)35(20-25(37)33-23-7-3-1-4-8-23)28(27(32)39)36(30)24-9-5-2-6-10-24/h2,5-6,9-14,23,28H,1,3-4,7-8,15-20H2,(H2,32,39)(H,33,37)/t28-/m0/s1. The Bertz CT molecular complexity index is 1240. The molecule has 1 aliphatic carbocycles. The zero-order valence-electron chi connectivity index (χ0n) is 22.6. The van der Waals surface area contributed by atoms with Gasteiger partial charge >= 0.3 is 0 Å². The Morgan fingerprint density at radius 3 is 2.23 bits per heavy atom. The number of likely N-dealkylation sites (tertiary alicyclic amines) is 1. The maximum absolute atomic E-state index is 14.2. The van der Waals surface area contributed by atoms with Gasteiger partial charge in [-0.25, -0.2) is 0 Å². The second kappa shape index (κ2) is 11.9. The van der Waals surface area contributed by atoms with Crippen molar-refractivity contribution in [1.82, 2.24) is 15.1 Å². The molecule has 2 aromatic carbocycles. The lowest BCUT2D eigenvalue weighted by Gasteiger charge is -2.44. The summed E-state index contributed by atoms with van der Waals surface area (Å²) < 4.78 is 0.